The number of aromatic nitrogens is 3. The third-order valence-electron chi connectivity index (χ3n) is 2.71. The number of hydrogen-bond donors (Lipinski definition) is 2. The maximum absolute atomic E-state index is 4.38. The van der Waals surface area contributed by atoms with Gasteiger partial charge in [0.2, 0.25) is 5.95 Å². The molecule has 0 unspecified atom stereocenters. The smallest absolute Gasteiger partial charge is 0.244 e. The molecule has 7 nitrogen and oxygen atoms in total. The third-order valence-corrected chi connectivity index (χ3v) is 2.71. The summed E-state index contributed by atoms with van der Waals surface area (Å²) in [5.41, 5.74) is 0. The summed E-state index contributed by atoms with van der Waals surface area (Å²) >= 11 is 0. The van der Waals surface area contributed by atoms with Gasteiger partial charge in [0.15, 0.2) is 5.82 Å². The maximum Gasteiger partial charge on any atom is 0.244 e. The summed E-state index contributed by atoms with van der Waals surface area (Å²) in [6.45, 7) is 3.84. The summed E-state index contributed by atoms with van der Waals surface area (Å²) < 4.78 is 0. The van der Waals surface area contributed by atoms with Gasteiger partial charge in [0.05, 0.1) is 6.20 Å². The average molecular weight is 281 g/mol. The van der Waals surface area contributed by atoms with Gasteiger partial charge in [0.1, 0.15) is 0 Å². The highest BCUT2D eigenvalue weighted by Gasteiger charge is 2.00. The van der Waals surface area contributed by atoms with Crippen LogP contribution in [-0.2, 0) is 0 Å². The van der Waals surface area contributed by atoms with E-state index >= 15 is 0 Å². The molecule has 2 N–H and O–H groups in total. The Labute approximate surface area is 121 Å². The predicted molar refractivity (Wildman–Crippen MR) is 83.1 cm³/mol. The molecule has 0 spiro atoms. The van der Waals surface area contributed by atoms with E-state index in [1.54, 1.807) is 6.20 Å². The van der Waals surface area contributed by atoms with Crippen molar-refractivity contribution in [3.8, 4) is 0 Å². The molecule has 114 valence electrons. The zero-order chi connectivity index (χ0) is 14.8. The van der Waals surface area contributed by atoms with Crippen LogP contribution in [0.25, 0.3) is 0 Å². The van der Waals surface area contributed by atoms with Gasteiger partial charge in [-0.15, -0.1) is 5.10 Å². The van der Waals surface area contributed by atoms with Crippen LogP contribution < -0.4 is 10.6 Å². The second-order valence-corrected chi connectivity index (χ2v) is 5.33. The molecule has 20 heavy (non-hydrogen) atoms. The molecule has 0 aromatic carbocycles. The van der Waals surface area contributed by atoms with Crippen LogP contribution in [0.1, 0.15) is 12.8 Å². The van der Waals surface area contributed by atoms with E-state index in [1.807, 2.05) is 0 Å². The number of rotatable bonds is 10. The van der Waals surface area contributed by atoms with Crippen molar-refractivity contribution in [2.45, 2.75) is 12.8 Å². The molecule has 1 heterocycles. The molecule has 0 bridgehead atoms. The van der Waals surface area contributed by atoms with Crippen molar-refractivity contribution in [3.63, 3.8) is 0 Å². The van der Waals surface area contributed by atoms with Crippen LogP contribution in [-0.4, -0.2) is 79.4 Å². The van der Waals surface area contributed by atoms with Gasteiger partial charge in [-0.2, -0.15) is 10.1 Å². The van der Waals surface area contributed by atoms with Crippen molar-refractivity contribution in [2.24, 2.45) is 0 Å². The van der Waals surface area contributed by atoms with E-state index < -0.39 is 0 Å². The Morgan fingerprint density at radius 2 is 1.55 bits per heavy atom. The summed E-state index contributed by atoms with van der Waals surface area (Å²) in [5.74, 6) is 1.36. The first-order valence-electron chi connectivity index (χ1n) is 7.05. The number of nitrogens with zero attached hydrogens (tertiary/aromatic N) is 5. The Morgan fingerprint density at radius 3 is 2.15 bits per heavy atom. The van der Waals surface area contributed by atoms with Gasteiger partial charge in [0.25, 0.3) is 0 Å². The van der Waals surface area contributed by atoms with E-state index in [1.165, 1.54) is 0 Å². The highest BCUT2D eigenvalue weighted by Crippen LogP contribution is 2.03. The Hall–Kier alpha value is -1.47. The van der Waals surface area contributed by atoms with Crippen LogP contribution in [0.4, 0.5) is 11.8 Å². The summed E-state index contributed by atoms with van der Waals surface area (Å²) in [4.78, 5) is 8.70. The van der Waals surface area contributed by atoms with Gasteiger partial charge in [0, 0.05) is 13.1 Å². The standard InChI is InChI=1S/C13H27N7/c1-19(2)9-5-7-14-12-11-16-18-13(17-12)15-8-6-10-20(3)4/h11H,5-10H2,1-4H3,(H2,14,15,17,18). The fraction of sp³-hybridized carbons (Fsp3) is 0.769. The normalized spacial score (nSPS) is 11.1. The molecular formula is C13H27N7. The lowest BCUT2D eigenvalue weighted by atomic mass is 10.4. The molecule has 0 aliphatic heterocycles. The molecule has 1 aromatic rings. The molecular weight excluding hydrogens is 254 g/mol. The lowest BCUT2D eigenvalue weighted by molar-refractivity contribution is 0.405. The van der Waals surface area contributed by atoms with Crippen molar-refractivity contribution < 1.29 is 0 Å². The first-order valence-corrected chi connectivity index (χ1v) is 7.05. The Morgan fingerprint density at radius 1 is 0.950 bits per heavy atom. The van der Waals surface area contributed by atoms with Gasteiger partial charge in [-0.3, -0.25) is 0 Å². The lowest BCUT2D eigenvalue weighted by Gasteiger charge is -2.11. The first kappa shape index (κ1) is 16.6. The molecule has 0 aliphatic rings. The van der Waals surface area contributed by atoms with Crippen molar-refractivity contribution in [1.82, 2.24) is 25.0 Å². The van der Waals surface area contributed by atoms with Gasteiger partial charge >= 0.3 is 0 Å². The van der Waals surface area contributed by atoms with Crippen LogP contribution in [0.3, 0.4) is 0 Å². The molecule has 0 saturated carbocycles. The molecule has 1 aromatic heterocycles. The van der Waals surface area contributed by atoms with E-state index in [4.69, 9.17) is 0 Å². The van der Waals surface area contributed by atoms with Crippen LogP contribution >= 0.6 is 0 Å². The van der Waals surface area contributed by atoms with Gasteiger partial charge in [-0.1, -0.05) is 0 Å². The fourth-order valence-electron chi connectivity index (χ4n) is 1.67. The van der Waals surface area contributed by atoms with Crippen LogP contribution in [0.5, 0.6) is 0 Å². The molecule has 0 saturated heterocycles. The highest BCUT2D eigenvalue weighted by molar-refractivity contribution is 5.36. The summed E-state index contributed by atoms with van der Waals surface area (Å²) in [7, 11) is 8.27. The van der Waals surface area contributed by atoms with E-state index in [0.29, 0.717) is 5.95 Å². The minimum absolute atomic E-state index is 0.585. The van der Waals surface area contributed by atoms with Crippen molar-refractivity contribution in [2.75, 3.05) is 65.0 Å². The molecule has 0 fully saturated rings. The molecule has 1 rings (SSSR count). The minimum atomic E-state index is 0.585. The van der Waals surface area contributed by atoms with Gasteiger partial charge in [-0.05, 0) is 54.1 Å². The number of hydrogen-bond acceptors (Lipinski definition) is 7. The van der Waals surface area contributed by atoms with Crippen LogP contribution in [0.2, 0.25) is 0 Å². The van der Waals surface area contributed by atoms with E-state index in [-0.39, 0.29) is 0 Å². The zero-order valence-corrected chi connectivity index (χ0v) is 13.1. The summed E-state index contributed by atoms with van der Waals surface area (Å²) in [6, 6.07) is 0. The van der Waals surface area contributed by atoms with E-state index in [0.717, 1.165) is 44.8 Å². The fourth-order valence-corrected chi connectivity index (χ4v) is 1.67. The second kappa shape index (κ2) is 9.44. The Kier molecular flexibility index (Phi) is 7.82. The lowest BCUT2D eigenvalue weighted by Crippen LogP contribution is -2.18. The molecule has 0 aliphatic carbocycles. The number of nitrogens with one attached hydrogen (secondary N) is 2. The summed E-state index contributed by atoms with van der Waals surface area (Å²) in [5, 5.41) is 14.4. The monoisotopic (exact) mass is 281 g/mol. The highest BCUT2D eigenvalue weighted by atomic mass is 15.3. The first-order chi connectivity index (χ1) is 9.58. The topological polar surface area (TPSA) is 69.2 Å². The van der Waals surface area contributed by atoms with Crippen molar-refractivity contribution in [3.05, 3.63) is 6.20 Å². The predicted octanol–water partition coefficient (Wildman–Crippen LogP) is 0.599. The maximum atomic E-state index is 4.38. The van der Waals surface area contributed by atoms with E-state index in [9.17, 15) is 0 Å². The SMILES string of the molecule is CN(C)CCCNc1cnnc(NCCCN(C)C)n1. The Bertz CT molecular complexity index is 336. The minimum Gasteiger partial charge on any atom is -0.369 e. The zero-order valence-electron chi connectivity index (χ0n) is 13.1. The van der Waals surface area contributed by atoms with Gasteiger partial charge < -0.3 is 20.4 Å². The summed E-state index contributed by atoms with van der Waals surface area (Å²) in [6.07, 6.45) is 3.78. The largest absolute Gasteiger partial charge is 0.369 e. The molecule has 7 heteroatoms. The van der Waals surface area contributed by atoms with Crippen molar-refractivity contribution in [1.29, 1.82) is 0 Å². The van der Waals surface area contributed by atoms with Crippen LogP contribution in [0, 0.1) is 0 Å². The molecule has 0 atom stereocenters. The second-order valence-electron chi connectivity index (χ2n) is 5.33. The average Bonchev–Trinajstić information content (AvgIpc) is 2.40. The molecule has 0 amide bonds. The third kappa shape index (κ3) is 7.85. The number of anilines is 2. The Balaban J connectivity index is 2.26. The van der Waals surface area contributed by atoms with E-state index in [2.05, 4.69) is 63.8 Å². The van der Waals surface area contributed by atoms with Crippen molar-refractivity contribution >= 4 is 11.8 Å². The quantitative estimate of drug-likeness (QED) is 0.609. The van der Waals surface area contributed by atoms with Crippen LogP contribution in [0.15, 0.2) is 6.20 Å². The van der Waals surface area contributed by atoms with Gasteiger partial charge in [-0.25, -0.2) is 0 Å². The molecule has 0 radical (unpaired) electrons.